The lowest BCUT2D eigenvalue weighted by Gasteiger charge is -2.32. The molecule has 1 saturated heterocycles. The van der Waals surface area contributed by atoms with Gasteiger partial charge in [-0.05, 0) is 53.7 Å². The van der Waals surface area contributed by atoms with Gasteiger partial charge in [-0.25, -0.2) is 4.98 Å². The fraction of sp³-hybridized carbons (Fsp3) is 0.471. The van der Waals surface area contributed by atoms with E-state index in [1.165, 1.54) is 0 Å². The van der Waals surface area contributed by atoms with Crippen LogP contribution in [-0.4, -0.2) is 39.2 Å². The van der Waals surface area contributed by atoms with E-state index in [-0.39, 0.29) is 23.7 Å². The lowest BCUT2D eigenvalue weighted by atomic mass is 9.96. The molecule has 0 radical (unpaired) electrons. The molecule has 2 fully saturated rings. The Morgan fingerprint density at radius 3 is 2.88 bits per heavy atom. The molecule has 1 aliphatic carbocycles. The highest BCUT2D eigenvalue weighted by Gasteiger charge is 2.36. The number of rotatable bonds is 3. The summed E-state index contributed by atoms with van der Waals surface area (Å²) in [4.78, 5) is 31.1. The fourth-order valence-corrected chi connectivity index (χ4v) is 3.72. The van der Waals surface area contributed by atoms with Crippen LogP contribution in [0.15, 0.2) is 29.0 Å². The van der Waals surface area contributed by atoms with Crippen molar-refractivity contribution in [2.45, 2.75) is 25.7 Å². The number of nitrogens with zero attached hydrogens (tertiary/aromatic N) is 3. The number of carbonyl (C=O) groups is 2. The van der Waals surface area contributed by atoms with Crippen molar-refractivity contribution >= 4 is 39.2 Å². The van der Waals surface area contributed by atoms with Crippen LogP contribution in [0.1, 0.15) is 25.7 Å². The molecule has 126 valence electrons. The highest BCUT2D eigenvalue weighted by Crippen LogP contribution is 2.32. The number of halogens is 1. The van der Waals surface area contributed by atoms with E-state index in [4.69, 9.17) is 0 Å². The second-order valence-corrected chi connectivity index (χ2v) is 7.43. The summed E-state index contributed by atoms with van der Waals surface area (Å²) in [5.41, 5.74) is 0.766. The smallest absolute Gasteiger partial charge is 0.230 e. The third-order valence-corrected chi connectivity index (χ3v) is 5.39. The second-order valence-electron chi connectivity index (χ2n) is 6.58. The topological polar surface area (TPSA) is 66.7 Å². The van der Waals surface area contributed by atoms with Crippen LogP contribution in [0.5, 0.6) is 0 Å². The van der Waals surface area contributed by atoms with Gasteiger partial charge in [0.05, 0.1) is 16.6 Å². The number of fused-ring (bicyclic) bond motifs is 1. The molecule has 2 amide bonds. The first-order chi connectivity index (χ1) is 11.6. The molecule has 1 N–H and O–H groups in total. The van der Waals surface area contributed by atoms with Crippen molar-refractivity contribution in [3.63, 3.8) is 0 Å². The van der Waals surface area contributed by atoms with Crippen LogP contribution in [0.2, 0.25) is 0 Å². The minimum absolute atomic E-state index is 0.0370. The number of carbonyl (C=O) groups excluding carboxylic acids is 2. The summed E-state index contributed by atoms with van der Waals surface area (Å²) in [6, 6.07) is 3.81. The van der Waals surface area contributed by atoms with Crippen molar-refractivity contribution in [2.75, 3.05) is 18.4 Å². The van der Waals surface area contributed by atoms with Gasteiger partial charge >= 0.3 is 0 Å². The van der Waals surface area contributed by atoms with Gasteiger partial charge in [0.15, 0.2) is 5.65 Å². The third kappa shape index (κ3) is 2.92. The molecule has 24 heavy (non-hydrogen) atoms. The maximum absolute atomic E-state index is 12.6. The monoisotopic (exact) mass is 390 g/mol. The molecule has 0 bridgehead atoms. The highest BCUT2D eigenvalue weighted by atomic mass is 79.9. The second kappa shape index (κ2) is 6.20. The zero-order valence-electron chi connectivity index (χ0n) is 13.2. The summed E-state index contributed by atoms with van der Waals surface area (Å²) in [7, 11) is 0. The molecule has 1 atom stereocenters. The van der Waals surface area contributed by atoms with Crippen molar-refractivity contribution in [3.05, 3.63) is 29.0 Å². The number of pyridine rings is 1. The van der Waals surface area contributed by atoms with E-state index < -0.39 is 0 Å². The number of anilines is 1. The minimum atomic E-state index is -0.154. The average Bonchev–Trinajstić information content (AvgIpc) is 3.37. The van der Waals surface area contributed by atoms with Crippen LogP contribution in [0, 0.1) is 11.8 Å². The van der Waals surface area contributed by atoms with Crippen molar-refractivity contribution in [1.29, 1.82) is 0 Å². The summed E-state index contributed by atoms with van der Waals surface area (Å²) in [6.07, 6.45) is 7.24. The first-order valence-electron chi connectivity index (χ1n) is 8.34. The number of nitrogens with one attached hydrogen (secondary N) is 1. The summed E-state index contributed by atoms with van der Waals surface area (Å²) in [5.74, 6) is 0.903. The molecular formula is C17H19BrN4O2. The summed E-state index contributed by atoms with van der Waals surface area (Å²) >= 11 is 3.46. The van der Waals surface area contributed by atoms with Gasteiger partial charge < -0.3 is 10.2 Å². The number of aromatic nitrogens is 2. The van der Waals surface area contributed by atoms with Gasteiger partial charge in [0, 0.05) is 25.2 Å². The number of amides is 2. The molecule has 6 nitrogen and oxygen atoms in total. The minimum Gasteiger partial charge on any atom is -0.342 e. The van der Waals surface area contributed by atoms with E-state index in [1.54, 1.807) is 6.20 Å². The van der Waals surface area contributed by atoms with Crippen LogP contribution in [0.4, 0.5) is 5.82 Å². The standard InChI is InChI=1S/C17H19BrN4O2/c18-13-4-2-8-22-14(9-19-15(13)22)20-16(23)12-3-1-7-21(10-12)17(24)11-5-6-11/h2,4,8-9,11-12H,1,3,5-7,10H2,(H,20,23). The molecule has 0 spiro atoms. The van der Waals surface area contributed by atoms with E-state index in [1.807, 2.05) is 27.6 Å². The number of hydrogen-bond acceptors (Lipinski definition) is 3. The van der Waals surface area contributed by atoms with Crippen LogP contribution in [-0.2, 0) is 9.59 Å². The molecule has 1 saturated carbocycles. The predicted molar refractivity (Wildman–Crippen MR) is 93.5 cm³/mol. The zero-order chi connectivity index (χ0) is 16.7. The van der Waals surface area contributed by atoms with Gasteiger partial charge in [0.1, 0.15) is 5.82 Å². The Hall–Kier alpha value is -1.89. The van der Waals surface area contributed by atoms with Gasteiger partial charge in [0.2, 0.25) is 11.8 Å². The maximum atomic E-state index is 12.6. The first-order valence-corrected chi connectivity index (χ1v) is 9.14. The van der Waals surface area contributed by atoms with E-state index in [9.17, 15) is 9.59 Å². The van der Waals surface area contributed by atoms with E-state index in [2.05, 4.69) is 26.2 Å². The van der Waals surface area contributed by atoms with Crippen molar-refractivity contribution in [1.82, 2.24) is 14.3 Å². The third-order valence-electron chi connectivity index (χ3n) is 4.77. The number of piperidine rings is 1. The molecule has 2 aromatic rings. The Kier molecular flexibility index (Phi) is 4.04. The number of hydrogen-bond donors (Lipinski definition) is 1. The van der Waals surface area contributed by atoms with Crippen molar-refractivity contribution < 1.29 is 9.59 Å². The largest absolute Gasteiger partial charge is 0.342 e. The summed E-state index contributed by atoms with van der Waals surface area (Å²) < 4.78 is 2.72. The molecule has 4 rings (SSSR count). The van der Waals surface area contributed by atoms with Gasteiger partial charge in [-0.2, -0.15) is 0 Å². The molecule has 0 aromatic carbocycles. The van der Waals surface area contributed by atoms with Crippen molar-refractivity contribution in [3.8, 4) is 0 Å². The molecule has 7 heteroatoms. The van der Waals surface area contributed by atoms with Gasteiger partial charge in [0.25, 0.3) is 0 Å². The Balaban J connectivity index is 1.47. The van der Waals surface area contributed by atoms with E-state index in [0.717, 1.165) is 42.3 Å². The Labute approximate surface area is 148 Å². The lowest BCUT2D eigenvalue weighted by Crippen LogP contribution is -2.44. The molecule has 3 heterocycles. The number of likely N-dealkylation sites (tertiary alicyclic amines) is 1. The lowest BCUT2D eigenvalue weighted by molar-refractivity contribution is -0.135. The maximum Gasteiger partial charge on any atom is 0.230 e. The Morgan fingerprint density at radius 1 is 1.25 bits per heavy atom. The molecule has 1 aliphatic heterocycles. The molecule has 2 aliphatic rings. The SMILES string of the molecule is O=C(Nc1cnc2c(Br)cccn12)C1CCCN(C(=O)C2CC2)C1. The van der Waals surface area contributed by atoms with Crippen LogP contribution >= 0.6 is 15.9 Å². The normalized spacial score (nSPS) is 21.0. The zero-order valence-corrected chi connectivity index (χ0v) is 14.8. The van der Waals surface area contributed by atoms with Crippen LogP contribution < -0.4 is 5.32 Å². The summed E-state index contributed by atoms with van der Waals surface area (Å²) in [5, 5.41) is 2.97. The van der Waals surface area contributed by atoms with E-state index >= 15 is 0 Å². The Bertz CT molecular complexity index is 799. The molecule has 2 aromatic heterocycles. The highest BCUT2D eigenvalue weighted by molar-refractivity contribution is 9.10. The van der Waals surface area contributed by atoms with Gasteiger partial charge in [-0.3, -0.25) is 14.0 Å². The van der Waals surface area contributed by atoms with Crippen molar-refractivity contribution in [2.24, 2.45) is 11.8 Å². The average molecular weight is 391 g/mol. The fourth-order valence-electron chi connectivity index (χ4n) is 3.28. The quantitative estimate of drug-likeness (QED) is 0.875. The van der Waals surface area contributed by atoms with Gasteiger partial charge in [-0.1, -0.05) is 0 Å². The van der Waals surface area contributed by atoms with Crippen LogP contribution in [0.3, 0.4) is 0 Å². The molecular weight excluding hydrogens is 372 g/mol. The number of imidazole rings is 1. The molecule has 1 unspecified atom stereocenters. The van der Waals surface area contributed by atoms with Gasteiger partial charge in [-0.15, -0.1) is 0 Å². The predicted octanol–water partition coefficient (Wildman–Crippen LogP) is 2.68. The summed E-state index contributed by atoms with van der Waals surface area (Å²) in [6.45, 7) is 1.31. The first kappa shape index (κ1) is 15.6. The van der Waals surface area contributed by atoms with E-state index in [0.29, 0.717) is 12.4 Å². The Morgan fingerprint density at radius 2 is 2.08 bits per heavy atom. The van der Waals surface area contributed by atoms with Crippen LogP contribution in [0.25, 0.3) is 5.65 Å².